The van der Waals surface area contributed by atoms with Crippen LogP contribution in [0.15, 0.2) is 82.0 Å². The highest BCUT2D eigenvalue weighted by Gasteiger charge is 2.42. The smallest absolute Gasteiger partial charge is 0.291 e. The van der Waals surface area contributed by atoms with Crippen molar-refractivity contribution in [2.24, 2.45) is 0 Å². The van der Waals surface area contributed by atoms with Gasteiger partial charge in [-0.2, -0.15) is 0 Å². The van der Waals surface area contributed by atoms with E-state index in [2.05, 4.69) is 0 Å². The van der Waals surface area contributed by atoms with Gasteiger partial charge in [-0.1, -0.05) is 54.1 Å². The number of ether oxygens (including phenoxy) is 1. The summed E-state index contributed by atoms with van der Waals surface area (Å²) >= 11 is 0. The molecule has 2 heterocycles. The second-order valence-corrected chi connectivity index (χ2v) is 7.77. The normalized spacial score (nSPS) is 15.4. The zero-order valence-corrected chi connectivity index (χ0v) is 17.3. The van der Waals surface area contributed by atoms with Crippen LogP contribution in [-0.4, -0.2) is 17.9 Å². The summed E-state index contributed by atoms with van der Waals surface area (Å²) in [4.78, 5) is 28.7. The Kier molecular flexibility index (Phi) is 4.59. The molecule has 1 amide bonds. The first-order valence-electron chi connectivity index (χ1n) is 10.1. The van der Waals surface area contributed by atoms with Crippen molar-refractivity contribution in [3.8, 4) is 5.75 Å². The lowest BCUT2D eigenvalue weighted by molar-refractivity contribution is 0.0714. The van der Waals surface area contributed by atoms with Crippen molar-refractivity contribution in [3.63, 3.8) is 0 Å². The molecule has 31 heavy (non-hydrogen) atoms. The van der Waals surface area contributed by atoms with Crippen LogP contribution in [0.5, 0.6) is 5.75 Å². The first-order valence-corrected chi connectivity index (χ1v) is 10.1. The number of benzene rings is 3. The number of aryl methyl sites for hydroxylation is 1. The Morgan fingerprint density at radius 2 is 1.71 bits per heavy atom. The number of carbonyl (C=O) groups is 1. The first kappa shape index (κ1) is 19.1. The average Bonchev–Trinajstić information content (AvgIpc) is 3.07. The highest BCUT2D eigenvalue weighted by molar-refractivity contribution is 5.99. The molecule has 1 aromatic heterocycles. The lowest BCUT2D eigenvalue weighted by atomic mass is 9.98. The highest BCUT2D eigenvalue weighted by Crippen LogP contribution is 2.39. The van der Waals surface area contributed by atoms with E-state index >= 15 is 0 Å². The lowest BCUT2D eigenvalue weighted by Crippen LogP contribution is -2.29. The van der Waals surface area contributed by atoms with E-state index in [1.54, 1.807) is 18.1 Å². The van der Waals surface area contributed by atoms with Crippen LogP contribution >= 0.6 is 0 Å². The molecule has 1 aliphatic heterocycles. The van der Waals surface area contributed by atoms with E-state index in [-0.39, 0.29) is 17.1 Å². The minimum absolute atomic E-state index is 0.123. The van der Waals surface area contributed by atoms with E-state index in [0.29, 0.717) is 28.8 Å². The molecule has 5 nitrogen and oxygen atoms in total. The molecule has 0 saturated heterocycles. The molecular formula is C26H21NO4. The van der Waals surface area contributed by atoms with E-state index in [1.165, 1.54) is 0 Å². The van der Waals surface area contributed by atoms with Crippen molar-refractivity contribution in [2.75, 3.05) is 7.11 Å². The molecule has 3 aromatic carbocycles. The van der Waals surface area contributed by atoms with Gasteiger partial charge in [0.05, 0.1) is 24.1 Å². The van der Waals surface area contributed by atoms with Gasteiger partial charge in [-0.15, -0.1) is 0 Å². The van der Waals surface area contributed by atoms with Gasteiger partial charge in [0.25, 0.3) is 5.91 Å². The third-order valence-electron chi connectivity index (χ3n) is 5.75. The number of amides is 1. The second kappa shape index (κ2) is 7.43. The third kappa shape index (κ3) is 3.19. The van der Waals surface area contributed by atoms with E-state index in [9.17, 15) is 9.59 Å². The molecule has 1 aliphatic rings. The molecule has 0 aliphatic carbocycles. The van der Waals surface area contributed by atoms with Crippen molar-refractivity contribution in [2.45, 2.75) is 19.5 Å². The Morgan fingerprint density at radius 1 is 0.968 bits per heavy atom. The summed E-state index contributed by atoms with van der Waals surface area (Å²) < 4.78 is 11.3. The third-order valence-corrected chi connectivity index (χ3v) is 5.75. The SMILES string of the molecule is COc1ccc([C@@H]2c3c(oc4ccc(C)cc4c3=O)C(=O)N2Cc2ccccc2)cc1. The number of hydrogen-bond acceptors (Lipinski definition) is 4. The first-order chi connectivity index (χ1) is 15.1. The Balaban J connectivity index is 1.72. The fourth-order valence-corrected chi connectivity index (χ4v) is 4.21. The summed E-state index contributed by atoms with van der Waals surface area (Å²) in [6, 6.07) is 22.1. The van der Waals surface area contributed by atoms with E-state index in [4.69, 9.17) is 9.15 Å². The molecule has 0 saturated carbocycles. The Morgan fingerprint density at radius 3 is 2.42 bits per heavy atom. The summed E-state index contributed by atoms with van der Waals surface area (Å²) in [7, 11) is 1.61. The summed E-state index contributed by atoms with van der Waals surface area (Å²) in [6.45, 7) is 2.30. The zero-order chi connectivity index (χ0) is 21.5. The van der Waals surface area contributed by atoms with Crippen molar-refractivity contribution in [1.82, 2.24) is 4.90 Å². The standard InChI is InChI=1S/C26H21NO4/c1-16-8-13-21-20(14-16)24(28)22-23(18-9-11-19(30-2)12-10-18)27(26(29)25(22)31-21)15-17-6-4-3-5-7-17/h3-14,23H,15H2,1-2H3/t23-/m1/s1. The fourth-order valence-electron chi connectivity index (χ4n) is 4.21. The molecule has 0 spiro atoms. The quantitative estimate of drug-likeness (QED) is 0.481. The molecule has 0 radical (unpaired) electrons. The van der Waals surface area contributed by atoms with Crippen molar-refractivity contribution >= 4 is 16.9 Å². The topological polar surface area (TPSA) is 59.8 Å². The molecular weight excluding hydrogens is 390 g/mol. The van der Waals surface area contributed by atoms with Gasteiger partial charge in [0, 0.05) is 6.54 Å². The molecule has 154 valence electrons. The maximum Gasteiger partial charge on any atom is 0.291 e. The molecule has 1 atom stereocenters. The fraction of sp³-hybridized carbons (Fsp3) is 0.154. The molecule has 5 heteroatoms. The zero-order valence-electron chi connectivity index (χ0n) is 17.3. The van der Waals surface area contributed by atoms with E-state index in [0.717, 1.165) is 16.7 Å². The molecule has 0 fully saturated rings. The molecule has 5 rings (SSSR count). The van der Waals surface area contributed by atoms with Gasteiger partial charge >= 0.3 is 0 Å². The van der Waals surface area contributed by atoms with Gasteiger partial charge < -0.3 is 14.1 Å². The number of fused-ring (bicyclic) bond motifs is 2. The van der Waals surface area contributed by atoms with Gasteiger partial charge in [0.15, 0.2) is 5.43 Å². The predicted molar refractivity (Wildman–Crippen MR) is 118 cm³/mol. The molecule has 0 bridgehead atoms. The Hall–Kier alpha value is -3.86. The van der Waals surface area contributed by atoms with Gasteiger partial charge in [-0.3, -0.25) is 9.59 Å². The van der Waals surface area contributed by atoms with Crippen LogP contribution in [-0.2, 0) is 6.54 Å². The van der Waals surface area contributed by atoms with Gasteiger partial charge in [0.2, 0.25) is 5.76 Å². The monoisotopic (exact) mass is 411 g/mol. The second-order valence-electron chi connectivity index (χ2n) is 7.77. The number of carbonyl (C=O) groups excluding carboxylic acids is 1. The summed E-state index contributed by atoms with van der Waals surface area (Å²) in [5.74, 6) is 0.557. The Labute approximate surface area is 179 Å². The van der Waals surface area contributed by atoms with Crippen LogP contribution in [0.4, 0.5) is 0 Å². The lowest BCUT2D eigenvalue weighted by Gasteiger charge is -2.25. The highest BCUT2D eigenvalue weighted by atomic mass is 16.5. The summed E-state index contributed by atoms with van der Waals surface area (Å²) in [5, 5.41) is 0.492. The maximum absolute atomic E-state index is 13.6. The van der Waals surface area contributed by atoms with Gasteiger partial charge in [-0.05, 0) is 42.3 Å². The van der Waals surface area contributed by atoms with Gasteiger partial charge in [-0.25, -0.2) is 0 Å². The van der Waals surface area contributed by atoms with Crippen LogP contribution in [0.25, 0.3) is 11.0 Å². The number of nitrogens with zero attached hydrogens (tertiary/aromatic N) is 1. The maximum atomic E-state index is 13.6. The Bertz CT molecular complexity index is 1340. The van der Waals surface area contributed by atoms with Crippen LogP contribution in [0.2, 0.25) is 0 Å². The van der Waals surface area contributed by atoms with E-state index in [1.807, 2.05) is 73.7 Å². The van der Waals surface area contributed by atoms with E-state index < -0.39 is 6.04 Å². The van der Waals surface area contributed by atoms with Crippen LogP contribution < -0.4 is 10.2 Å². The largest absolute Gasteiger partial charge is 0.497 e. The predicted octanol–water partition coefficient (Wildman–Crippen LogP) is 4.86. The molecule has 0 N–H and O–H groups in total. The van der Waals surface area contributed by atoms with Crippen LogP contribution in [0.3, 0.4) is 0 Å². The average molecular weight is 411 g/mol. The molecule has 0 unspecified atom stereocenters. The number of hydrogen-bond donors (Lipinski definition) is 0. The van der Waals surface area contributed by atoms with Crippen molar-refractivity contribution in [1.29, 1.82) is 0 Å². The number of rotatable bonds is 4. The summed E-state index contributed by atoms with van der Waals surface area (Å²) in [6.07, 6.45) is 0. The van der Waals surface area contributed by atoms with Crippen LogP contribution in [0.1, 0.15) is 38.9 Å². The minimum Gasteiger partial charge on any atom is -0.497 e. The molecule has 4 aromatic rings. The van der Waals surface area contributed by atoms with Crippen molar-refractivity contribution in [3.05, 3.63) is 111 Å². The minimum atomic E-state index is -0.533. The van der Waals surface area contributed by atoms with Crippen LogP contribution in [0, 0.1) is 6.92 Å². The van der Waals surface area contributed by atoms with Crippen molar-refractivity contribution < 1.29 is 13.9 Å². The number of methoxy groups -OCH3 is 1. The van der Waals surface area contributed by atoms with Gasteiger partial charge in [0.1, 0.15) is 11.3 Å². The summed E-state index contributed by atoms with van der Waals surface area (Å²) in [5.41, 5.74) is 3.44.